The van der Waals surface area contributed by atoms with Crippen molar-refractivity contribution < 1.29 is 13.2 Å². The van der Waals surface area contributed by atoms with Crippen LogP contribution >= 0.6 is 0 Å². The lowest BCUT2D eigenvalue weighted by Gasteiger charge is -2.16. The van der Waals surface area contributed by atoms with Gasteiger partial charge < -0.3 is 4.90 Å². The van der Waals surface area contributed by atoms with Gasteiger partial charge in [-0.1, -0.05) is 6.58 Å². The molecule has 0 aliphatic carbocycles. The minimum atomic E-state index is -3.40. The topological polar surface area (TPSA) is 84.3 Å². The SMILES string of the molecule is C=CS(=O)(=O)NC[C@H]1CCN(C(=O)c2ccnn2C)C1. The third kappa shape index (κ3) is 3.26. The first-order valence-corrected chi connectivity index (χ1v) is 7.87. The number of sulfonamides is 1. The molecule has 1 saturated heterocycles. The highest BCUT2D eigenvalue weighted by Crippen LogP contribution is 2.18. The first-order chi connectivity index (χ1) is 9.43. The summed E-state index contributed by atoms with van der Waals surface area (Å²) >= 11 is 0. The Kier molecular flexibility index (Phi) is 4.24. The molecule has 110 valence electrons. The molecule has 20 heavy (non-hydrogen) atoms. The summed E-state index contributed by atoms with van der Waals surface area (Å²) < 4.78 is 26.6. The number of likely N-dealkylation sites (tertiary alicyclic amines) is 1. The Hall–Kier alpha value is -1.67. The van der Waals surface area contributed by atoms with E-state index in [0.717, 1.165) is 11.8 Å². The van der Waals surface area contributed by atoms with Gasteiger partial charge >= 0.3 is 0 Å². The fourth-order valence-corrected chi connectivity index (χ4v) is 2.81. The fraction of sp³-hybridized carbons (Fsp3) is 0.500. The summed E-state index contributed by atoms with van der Waals surface area (Å²) in [6.45, 7) is 4.74. The molecule has 8 heteroatoms. The minimum absolute atomic E-state index is 0.0703. The van der Waals surface area contributed by atoms with E-state index in [9.17, 15) is 13.2 Å². The van der Waals surface area contributed by atoms with E-state index in [1.54, 1.807) is 24.2 Å². The quantitative estimate of drug-likeness (QED) is 0.825. The lowest BCUT2D eigenvalue weighted by Crippen LogP contribution is -2.33. The van der Waals surface area contributed by atoms with Gasteiger partial charge in [0.2, 0.25) is 10.0 Å². The van der Waals surface area contributed by atoms with Crippen molar-refractivity contribution in [1.82, 2.24) is 19.4 Å². The maximum atomic E-state index is 12.2. The van der Waals surface area contributed by atoms with Crippen molar-refractivity contribution in [2.45, 2.75) is 6.42 Å². The van der Waals surface area contributed by atoms with Gasteiger partial charge in [0.05, 0.1) is 0 Å². The monoisotopic (exact) mass is 298 g/mol. The standard InChI is InChI=1S/C12H18N4O3S/c1-3-20(18,19)14-8-10-5-7-16(9-10)12(17)11-4-6-13-15(11)2/h3-4,6,10,14H,1,5,7-9H2,2H3/t10-/m1/s1. The third-order valence-electron chi connectivity index (χ3n) is 3.41. The predicted molar refractivity (Wildman–Crippen MR) is 74.3 cm³/mol. The Bertz CT molecular complexity index is 608. The second kappa shape index (κ2) is 5.76. The largest absolute Gasteiger partial charge is 0.337 e. The van der Waals surface area contributed by atoms with Gasteiger partial charge in [0.1, 0.15) is 5.69 Å². The van der Waals surface area contributed by atoms with Crippen LogP contribution < -0.4 is 4.72 Å². The van der Waals surface area contributed by atoms with E-state index in [0.29, 0.717) is 25.3 Å². The second-order valence-electron chi connectivity index (χ2n) is 4.81. The molecule has 1 aliphatic rings. The Morgan fingerprint density at radius 2 is 2.40 bits per heavy atom. The van der Waals surface area contributed by atoms with Crippen LogP contribution in [-0.2, 0) is 17.1 Å². The number of carbonyl (C=O) groups excluding carboxylic acids is 1. The van der Waals surface area contributed by atoms with E-state index < -0.39 is 10.0 Å². The molecule has 1 aromatic rings. The highest BCUT2D eigenvalue weighted by Gasteiger charge is 2.28. The molecule has 7 nitrogen and oxygen atoms in total. The molecule has 0 saturated carbocycles. The number of rotatable bonds is 5. The minimum Gasteiger partial charge on any atom is -0.337 e. The highest BCUT2D eigenvalue weighted by molar-refractivity contribution is 7.92. The molecule has 0 bridgehead atoms. The Labute approximate surface area is 118 Å². The molecular weight excluding hydrogens is 280 g/mol. The van der Waals surface area contributed by atoms with Crippen molar-refractivity contribution in [2.24, 2.45) is 13.0 Å². The molecular formula is C12H18N4O3S. The molecule has 0 radical (unpaired) electrons. The van der Waals surface area contributed by atoms with Crippen molar-refractivity contribution >= 4 is 15.9 Å². The molecule has 1 fully saturated rings. The number of carbonyl (C=O) groups is 1. The summed E-state index contributed by atoms with van der Waals surface area (Å²) in [6.07, 6.45) is 2.36. The molecule has 0 unspecified atom stereocenters. The number of hydrogen-bond donors (Lipinski definition) is 1. The van der Waals surface area contributed by atoms with Gasteiger partial charge in [-0.25, -0.2) is 13.1 Å². The highest BCUT2D eigenvalue weighted by atomic mass is 32.2. The summed E-state index contributed by atoms with van der Waals surface area (Å²) in [6, 6.07) is 1.68. The summed E-state index contributed by atoms with van der Waals surface area (Å²) in [7, 11) is -1.68. The zero-order valence-electron chi connectivity index (χ0n) is 11.3. The summed E-state index contributed by atoms with van der Waals surface area (Å²) in [5.74, 6) is 0.0565. The zero-order chi connectivity index (χ0) is 14.8. The molecule has 1 aromatic heterocycles. The molecule has 1 amide bonds. The van der Waals surface area contributed by atoms with Gasteiger partial charge in [-0.2, -0.15) is 5.10 Å². The Balaban J connectivity index is 1.91. The molecule has 1 aliphatic heterocycles. The van der Waals surface area contributed by atoms with Crippen LogP contribution in [0.3, 0.4) is 0 Å². The van der Waals surface area contributed by atoms with Crippen LogP contribution in [0.25, 0.3) is 0 Å². The van der Waals surface area contributed by atoms with Crippen LogP contribution in [0.4, 0.5) is 0 Å². The van der Waals surface area contributed by atoms with Crippen molar-refractivity contribution in [3.05, 3.63) is 29.9 Å². The number of hydrogen-bond acceptors (Lipinski definition) is 4. The zero-order valence-corrected chi connectivity index (χ0v) is 12.1. The van der Waals surface area contributed by atoms with Gasteiger partial charge in [0.15, 0.2) is 0 Å². The average Bonchev–Trinajstić information content (AvgIpc) is 3.04. The number of amides is 1. The third-order valence-corrected chi connectivity index (χ3v) is 4.41. The molecule has 1 N–H and O–H groups in total. The van der Waals surface area contributed by atoms with Crippen LogP contribution in [0.2, 0.25) is 0 Å². The van der Waals surface area contributed by atoms with Crippen LogP contribution in [0.15, 0.2) is 24.3 Å². The lowest BCUT2D eigenvalue weighted by atomic mass is 10.1. The second-order valence-corrected chi connectivity index (χ2v) is 6.52. The summed E-state index contributed by atoms with van der Waals surface area (Å²) in [5, 5.41) is 4.86. The van der Waals surface area contributed by atoms with E-state index in [4.69, 9.17) is 0 Å². The maximum Gasteiger partial charge on any atom is 0.272 e. The van der Waals surface area contributed by atoms with E-state index in [2.05, 4.69) is 16.4 Å². The van der Waals surface area contributed by atoms with Crippen LogP contribution in [-0.4, -0.2) is 48.6 Å². The van der Waals surface area contributed by atoms with Crippen molar-refractivity contribution in [2.75, 3.05) is 19.6 Å². The fourth-order valence-electron chi connectivity index (χ4n) is 2.22. The Morgan fingerprint density at radius 1 is 1.65 bits per heavy atom. The van der Waals surface area contributed by atoms with Gasteiger partial charge in [-0.15, -0.1) is 0 Å². The number of nitrogens with zero attached hydrogens (tertiary/aromatic N) is 3. The number of nitrogens with one attached hydrogen (secondary N) is 1. The van der Waals surface area contributed by atoms with Crippen LogP contribution in [0.1, 0.15) is 16.9 Å². The van der Waals surface area contributed by atoms with E-state index >= 15 is 0 Å². The smallest absolute Gasteiger partial charge is 0.272 e. The number of aromatic nitrogens is 2. The van der Waals surface area contributed by atoms with E-state index in [-0.39, 0.29) is 11.8 Å². The van der Waals surface area contributed by atoms with Gasteiger partial charge in [0, 0.05) is 38.3 Å². The summed E-state index contributed by atoms with van der Waals surface area (Å²) in [5.41, 5.74) is 0.539. The summed E-state index contributed by atoms with van der Waals surface area (Å²) in [4.78, 5) is 14.0. The number of aryl methyl sites for hydroxylation is 1. The lowest BCUT2D eigenvalue weighted by molar-refractivity contribution is 0.0776. The van der Waals surface area contributed by atoms with Gasteiger partial charge in [-0.3, -0.25) is 9.48 Å². The normalized spacial score (nSPS) is 19.2. The predicted octanol–water partition coefficient (Wildman–Crippen LogP) is -0.0549. The molecule has 2 rings (SSSR count). The van der Waals surface area contributed by atoms with Crippen molar-refractivity contribution in [3.8, 4) is 0 Å². The molecule has 0 spiro atoms. The maximum absolute atomic E-state index is 12.2. The van der Waals surface area contributed by atoms with Crippen molar-refractivity contribution in [3.63, 3.8) is 0 Å². The molecule has 1 atom stereocenters. The van der Waals surface area contributed by atoms with Gasteiger partial charge in [0.25, 0.3) is 5.91 Å². The first-order valence-electron chi connectivity index (χ1n) is 6.32. The molecule has 2 heterocycles. The molecule has 0 aromatic carbocycles. The van der Waals surface area contributed by atoms with Crippen LogP contribution in [0, 0.1) is 5.92 Å². The van der Waals surface area contributed by atoms with Crippen molar-refractivity contribution in [1.29, 1.82) is 0 Å². The Morgan fingerprint density at radius 3 is 3.00 bits per heavy atom. The first kappa shape index (κ1) is 14.7. The van der Waals surface area contributed by atoms with E-state index in [1.165, 1.54) is 4.68 Å². The average molecular weight is 298 g/mol. The van der Waals surface area contributed by atoms with Gasteiger partial charge in [-0.05, 0) is 18.4 Å². The van der Waals surface area contributed by atoms with Crippen LogP contribution in [0.5, 0.6) is 0 Å². The van der Waals surface area contributed by atoms with E-state index in [1.807, 2.05) is 0 Å².